The highest BCUT2D eigenvalue weighted by Gasteiger charge is 2.36. The van der Waals surface area contributed by atoms with Gasteiger partial charge < -0.3 is 4.57 Å². The molecule has 2 saturated carbocycles. The van der Waals surface area contributed by atoms with Crippen molar-refractivity contribution in [2.24, 2.45) is 4.99 Å². The van der Waals surface area contributed by atoms with Crippen molar-refractivity contribution in [2.75, 3.05) is 0 Å². The molecule has 2 aliphatic rings. The van der Waals surface area contributed by atoms with E-state index >= 15 is 0 Å². The van der Waals surface area contributed by atoms with Crippen LogP contribution in [0.2, 0.25) is 0 Å². The number of imidazole rings is 1. The summed E-state index contributed by atoms with van der Waals surface area (Å²) in [4.78, 5) is 24.1. The smallest absolute Gasteiger partial charge is 0.211 e. The lowest BCUT2D eigenvalue weighted by molar-refractivity contribution is 0.470. The zero-order chi connectivity index (χ0) is 17.1. The minimum absolute atomic E-state index is 0.414. The summed E-state index contributed by atoms with van der Waals surface area (Å²) in [6, 6.07) is 8.33. The Bertz CT molecular complexity index is 1130. The zero-order valence-electron chi connectivity index (χ0n) is 14.0. The molecule has 0 radical (unpaired) electrons. The Kier molecular flexibility index (Phi) is 3.02. The van der Waals surface area contributed by atoms with Crippen LogP contribution in [-0.4, -0.2) is 30.2 Å². The molecule has 6 rings (SSSR count). The van der Waals surface area contributed by atoms with Gasteiger partial charge >= 0.3 is 0 Å². The molecule has 26 heavy (non-hydrogen) atoms. The Labute approximate surface area is 153 Å². The first-order valence-corrected chi connectivity index (χ1v) is 9.77. The molecular weight excluding hydrogens is 344 g/mol. The maximum atomic E-state index is 4.86. The molecule has 7 heteroatoms. The number of aromatic nitrogens is 5. The Morgan fingerprint density at radius 3 is 2.62 bits per heavy atom. The lowest BCUT2D eigenvalue weighted by Gasteiger charge is -2.30. The minimum atomic E-state index is 0.414. The van der Waals surface area contributed by atoms with E-state index in [-0.39, 0.29) is 0 Å². The van der Waals surface area contributed by atoms with Crippen molar-refractivity contribution in [3.05, 3.63) is 42.5 Å². The van der Waals surface area contributed by atoms with Crippen molar-refractivity contribution < 1.29 is 0 Å². The first kappa shape index (κ1) is 14.5. The number of aliphatic imine (C=N–C) groups is 1. The van der Waals surface area contributed by atoms with E-state index in [2.05, 4.69) is 25.6 Å². The van der Waals surface area contributed by atoms with Crippen LogP contribution in [0.5, 0.6) is 0 Å². The number of nitrogens with zero attached hydrogens (tertiary/aromatic N) is 6. The summed E-state index contributed by atoms with van der Waals surface area (Å²) in [7, 11) is 0. The number of fused-ring (bicyclic) bond motifs is 2. The van der Waals surface area contributed by atoms with Crippen molar-refractivity contribution in [1.29, 1.82) is 0 Å². The molecule has 0 spiro atoms. The third kappa shape index (κ3) is 2.27. The Morgan fingerprint density at radius 1 is 1.00 bits per heavy atom. The van der Waals surface area contributed by atoms with Crippen LogP contribution in [0.1, 0.15) is 43.5 Å². The monoisotopic (exact) mass is 360 g/mol. The topological polar surface area (TPSA) is 68.8 Å². The minimum Gasteiger partial charge on any atom is -0.309 e. The molecule has 0 amide bonds. The van der Waals surface area contributed by atoms with E-state index in [1.165, 1.54) is 24.4 Å². The lowest BCUT2D eigenvalue weighted by Crippen LogP contribution is -2.28. The first-order valence-electron chi connectivity index (χ1n) is 8.96. The molecule has 0 saturated heterocycles. The molecule has 2 fully saturated rings. The van der Waals surface area contributed by atoms with E-state index in [0.29, 0.717) is 12.0 Å². The molecule has 128 valence electrons. The summed E-state index contributed by atoms with van der Waals surface area (Å²) < 4.78 is 2.37. The summed E-state index contributed by atoms with van der Waals surface area (Å²) in [5, 5.41) is 0.809. The number of hydrogen-bond acceptors (Lipinski definition) is 6. The van der Waals surface area contributed by atoms with Crippen LogP contribution in [0.4, 0.5) is 5.13 Å². The van der Waals surface area contributed by atoms with Gasteiger partial charge in [0.2, 0.25) is 5.13 Å². The number of rotatable bonds is 3. The summed E-state index contributed by atoms with van der Waals surface area (Å²) >= 11 is 1.55. The van der Waals surface area contributed by atoms with Crippen molar-refractivity contribution in [1.82, 2.24) is 24.5 Å². The van der Waals surface area contributed by atoms with E-state index in [9.17, 15) is 0 Å². The highest BCUT2D eigenvalue weighted by molar-refractivity contribution is 7.21. The van der Waals surface area contributed by atoms with Gasteiger partial charge in [0.05, 0.1) is 0 Å². The van der Waals surface area contributed by atoms with Crippen LogP contribution in [0.25, 0.3) is 21.5 Å². The molecule has 0 aliphatic heterocycles. The maximum Gasteiger partial charge on any atom is 0.211 e. The van der Waals surface area contributed by atoms with Gasteiger partial charge in [0.15, 0.2) is 5.65 Å². The average molecular weight is 360 g/mol. The quantitative estimate of drug-likeness (QED) is 0.542. The molecule has 0 aromatic carbocycles. The third-order valence-electron chi connectivity index (χ3n) is 5.14. The molecule has 0 atom stereocenters. The third-order valence-corrected chi connectivity index (χ3v) is 6.01. The molecule has 2 aliphatic carbocycles. The molecule has 0 bridgehead atoms. The van der Waals surface area contributed by atoms with Crippen LogP contribution in [0.3, 0.4) is 0 Å². The summed E-state index contributed by atoms with van der Waals surface area (Å²) in [6.07, 6.45) is 8.05. The second-order valence-electron chi connectivity index (χ2n) is 7.02. The second-order valence-corrected chi connectivity index (χ2v) is 7.98. The number of hydrogen-bond donors (Lipinski definition) is 0. The fourth-order valence-electron chi connectivity index (χ4n) is 3.64. The van der Waals surface area contributed by atoms with E-state index < -0.39 is 0 Å². The number of thiazole rings is 1. The van der Waals surface area contributed by atoms with Crippen molar-refractivity contribution >= 4 is 43.7 Å². The summed E-state index contributed by atoms with van der Waals surface area (Å²) in [5.41, 5.74) is 4.15. The van der Waals surface area contributed by atoms with E-state index in [1.54, 1.807) is 17.5 Å². The first-order chi connectivity index (χ1) is 12.8. The molecule has 4 aromatic rings. The summed E-state index contributed by atoms with van der Waals surface area (Å²) in [6.45, 7) is 0. The maximum absolute atomic E-state index is 4.86. The van der Waals surface area contributed by atoms with Gasteiger partial charge in [0, 0.05) is 42.9 Å². The SMILES string of the molecule is c1cnc2sc(N=C3CC(n4c(C5CC5)nc5cccnc54)C3)nc2c1. The largest absolute Gasteiger partial charge is 0.309 e. The van der Waals surface area contributed by atoms with Gasteiger partial charge in [0.1, 0.15) is 21.7 Å². The van der Waals surface area contributed by atoms with Crippen molar-refractivity contribution in [3.63, 3.8) is 0 Å². The van der Waals surface area contributed by atoms with Crippen molar-refractivity contribution in [3.8, 4) is 0 Å². The fourth-order valence-corrected chi connectivity index (χ4v) is 4.46. The standard InChI is InChI=1S/C19H16N6S/c1-3-14-17(20-7-1)25(16(23-14)11-5-6-11)13-9-12(10-13)22-19-24-15-4-2-8-21-18(15)26-19/h1-4,7-8,11,13H,5-6,9-10H2. The molecule has 6 nitrogen and oxygen atoms in total. The summed E-state index contributed by atoms with van der Waals surface area (Å²) in [5.74, 6) is 1.83. The van der Waals surface area contributed by atoms with Crippen LogP contribution in [0, 0.1) is 0 Å². The predicted octanol–water partition coefficient (Wildman–Crippen LogP) is 4.42. The van der Waals surface area contributed by atoms with E-state index in [1.807, 2.05) is 24.4 Å². The Balaban J connectivity index is 1.31. The Morgan fingerprint density at radius 2 is 1.81 bits per heavy atom. The van der Waals surface area contributed by atoms with E-state index in [4.69, 9.17) is 9.98 Å². The normalized spacial score (nSPS) is 19.8. The highest BCUT2D eigenvalue weighted by atomic mass is 32.1. The molecule has 4 heterocycles. The van der Waals surface area contributed by atoms with E-state index in [0.717, 1.165) is 39.5 Å². The van der Waals surface area contributed by atoms with Gasteiger partial charge in [-0.2, -0.15) is 0 Å². The second kappa shape index (κ2) is 5.41. The molecule has 0 unspecified atom stereocenters. The molecule has 4 aromatic heterocycles. The van der Waals surface area contributed by atoms with Crippen LogP contribution >= 0.6 is 11.3 Å². The molecule has 0 N–H and O–H groups in total. The van der Waals surface area contributed by atoms with Gasteiger partial charge in [-0.15, -0.1) is 0 Å². The van der Waals surface area contributed by atoms with Gasteiger partial charge in [-0.25, -0.2) is 24.9 Å². The van der Waals surface area contributed by atoms with Crippen LogP contribution in [0.15, 0.2) is 41.7 Å². The van der Waals surface area contributed by atoms with Gasteiger partial charge in [-0.3, -0.25) is 0 Å². The average Bonchev–Trinajstić information content (AvgIpc) is 3.28. The van der Waals surface area contributed by atoms with Gasteiger partial charge in [0.25, 0.3) is 0 Å². The molecular formula is C19H16N6S. The van der Waals surface area contributed by atoms with Gasteiger partial charge in [-0.05, 0) is 37.1 Å². The Hall–Kier alpha value is -2.67. The fraction of sp³-hybridized carbons (Fsp3) is 0.316. The zero-order valence-corrected chi connectivity index (χ0v) is 14.9. The van der Waals surface area contributed by atoms with Crippen LogP contribution < -0.4 is 0 Å². The highest BCUT2D eigenvalue weighted by Crippen LogP contribution is 2.44. The van der Waals surface area contributed by atoms with Crippen molar-refractivity contribution in [2.45, 2.75) is 37.6 Å². The van der Waals surface area contributed by atoms with Gasteiger partial charge in [-0.1, -0.05) is 11.3 Å². The number of pyridine rings is 2. The van der Waals surface area contributed by atoms with Crippen LogP contribution in [-0.2, 0) is 0 Å². The predicted molar refractivity (Wildman–Crippen MR) is 102 cm³/mol. The lowest BCUT2D eigenvalue weighted by atomic mass is 9.89.